The molecule has 114 valence electrons. The van der Waals surface area contributed by atoms with E-state index in [2.05, 4.69) is 15.6 Å². The summed E-state index contributed by atoms with van der Waals surface area (Å²) in [5.74, 6) is 0.559. The number of ether oxygens (including phenoxy) is 1. The average molecular weight is 297 g/mol. The summed E-state index contributed by atoms with van der Waals surface area (Å²) < 4.78 is 6.98. The van der Waals surface area contributed by atoms with Gasteiger partial charge in [-0.05, 0) is 49.8 Å². The van der Waals surface area contributed by atoms with E-state index >= 15 is 0 Å². The second-order valence-electron chi connectivity index (χ2n) is 5.95. The minimum absolute atomic E-state index is 0.0685. The maximum Gasteiger partial charge on any atom is 0.308 e. The van der Waals surface area contributed by atoms with E-state index in [1.807, 2.05) is 24.5 Å². The molecule has 0 atom stereocenters. The van der Waals surface area contributed by atoms with Gasteiger partial charge in [0.2, 0.25) is 0 Å². The number of fused-ring (bicyclic) bond motifs is 1. The van der Waals surface area contributed by atoms with Crippen LogP contribution < -0.4 is 0 Å². The van der Waals surface area contributed by atoms with Gasteiger partial charge in [0.25, 0.3) is 0 Å². The van der Waals surface area contributed by atoms with Crippen LogP contribution in [0.25, 0.3) is 11.0 Å². The maximum absolute atomic E-state index is 11.6. The number of nitriles is 1. The monoisotopic (exact) mass is 297 g/mol. The molecule has 5 nitrogen and oxygen atoms in total. The average Bonchev–Trinajstić information content (AvgIpc) is 2.97. The Bertz CT molecular complexity index is 721. The highest BCUT2D eigenvalue weighted by molar-refractivity contribution is 5.77. The van der Waals surface area contributed by atoms with Gasteiger partial charge in [0, 0.05) is 6.54 Å². The van der Waals surface area contributed by atoms with E-state index in [0.717, 1.165) is 43.3 Å². The molecule has 0 amide bonds. The molecule has 0 aliphatic heterocycles. The molecule has 22 heavy (non-hydrogen) atoms. The van der Waals surface area contributed by atoms with E-state index in [1.165, 1.54) is 7.11 Å². The largest absolute Gasteiger partial charge is 0.469 e. The smallest absolute Gasteiger partial charge is 0.308 e. The predicted molar refractivity (Wildman–Crippen MR) is 81.9 cm³/mol. The fourth-order valence-electron chi connectivity index (χ4n) is 3.30. The van der Waals surface area contributed by atoms with E-state index in [0.29, 0.717) is 11.5 Å². The molecule has 1 aliphatic rings. The van der Waals surface area contributed by atoms with Crippen LogP contribution in [-0.2, 0) is 16.1 Å². The first kappa shape index (κ1) is 14.6. The van der Waals surface area contributed by atoms with Gasteiger partial charge in [-0.25, -0.2) is 4.98 Å². The van der Waals surface area contributed by atoms with Crippen molar-refractivity contribution in [2.45, 2.75) is 32.2 Å². The molecular weight excluding hydrogens is 278 g/mol. The van der Waals surface area contributed by atoms with Crippen molar-refractivity contribution in [3.05, 3.63) is 30.1 Å². The van der Waals surface area contributed by atoms with Crippen molar-refractivity contribution in [1.29, 1.82) is 5.26 Å². The summed E-state index contributed by atoms with van der Waals surface area (Å²) in [6.07, 6.45) is 5.73. The number of carbonyl (C=O) groups excluding carboxylic acids is 1. The minimum Gasteiger partial charge on any atom is -0.469 e. The summed E-state index contributed by atoms with van der Waals surface area (Å²) >= 11 is 0. The summed E-state index contributed by atoms with van der Waals surface area (Å²) in [7, 11) is 1.46. The maximum atomic E-state index is 11.6. The van der Waals surface area contributed by atoms with Crippen LogP contribution in [0.4, 0.5) is 0 Å². The van der Waals surface area contributed by atoms with Gasteiger partial charge < -0.3 is 9.30 Å². The van der Waals surface area contributed by atoms with Crippen molar-refractivity contribution in [1.82, 2.24) is 9.55 Å². The molecule has 0 spiro atoms. The highest BCUT2D eigenvalue weighted by Gasteiger charge is 2.27. The second-order valence-corrected chi connectivity index (χ2v) is 5.95. The zero-order valence-electron chi connectivity index (χ0n) is 12.7. The molecule has 0 unspecified atom stereocenters. The van der Waals surface area contributed by atoms with Crippen LogP contribution >= 0.6 is 0 Å². The first-order valence-electron chi connectivity index (χ1n) is 7.64. The van der Waals surface area contributed by atoms with E-state index in [4.69, 9.17) is 10.00 Å². The molecule has 1 heterocycles. The number of nitrogens with zero attached hydrogens (tertiary/aromatic N) is 3. The fraction of sp³-hybridized carbons (Fsp3) is 0.471. The Morgan fingerprint density at radius 3 is 2.86 bits per heavy atom. The van der Waals surface area contributed by atoms with Gasteiger partial charge in [-0.1, -0.05) is 0 Å². The highest BCUT2D eigenvalue weighted by Crippen LogP contribution is 2.31. The number of esters is 1. The molecule has 1 aromatic heterocycles. The summed E-state index contributed by atoms with van der Waals surface area (Å²) in [5.41, 5.74) is 2.56. The molecular formula is C17H19N3O2. The lowest BCUT2D eigenvalue weighted by atomic mass is 9.82. The Morgan fingerprint density at radius 2 is 2.18 bits per heavy atom. The van der Waals surface area contributed by atoms with Gasteiger partial charge in [0.05, 0.1) is 42.0 Å². The zero-order valence-corrected chi connectivity index (χ0v) is 12.7. The molecule has 5 heteroatoms. The molecule has 0 bridgehead atoms. The van der Waals surface area contributed by atoms with Crippen molar-refractivity contribution in [3.8, 4) is 6.07 Å². The van der Waals surface area contributed by atoms with Crippen LogP contribution in [0, 0.1) is 23.2 Å². The fourth-order valence-corrected chi connectivity index (χ4v) is 3.30. The number of carbonyl (C=O) groups is 1. The standard InChI is InChI=1S/C17H19N3O2/c1-22-17(21)14-5-2-12(3-6-14)10-20-11-19-15-8-13(9-18)4-7-16(15)20/h4,7-8,11-12,14H,2-3,5-6,10H2,1H3. The Kier molecular flexibility index (Phi) is 4.10. The van der Waals surface area contributed by atoms with Gasteiger partial charge >= 0.3 is 5.97 Å². The molecule has 0 saturated heterocycles. The number of hydrogen-bond donors (Lipinski definition) is 0. The number of hydrogen-bond acceptors (Lipinski definition) is 4. The molecule has 1 saturated carbocycles. The molecule has 1 fully saturated rings. The molecule has 1 aliphatic carbocycles. The summed E-state index contributed by atoms with van der Waals surface area (Å²) in [5, 5.41) is 8.93. The number of rotatable bonds is 3. The quantitative estimate of drug-likeness (QED) is 0.817. The molecule has 1 aromatic carbocycles. The highest BCUT2D eigenvalue weighted by atomic mass is 16.5. The van der Waals surface area contributed by atoms with E-state index in [9.17, 15) is 4.79 Å². The lowest BCUT2D eigenvalue weighted by Crippen LogP contribution is -2.24. The number of methoxy groups -OCH3 is 1. The van der Waals surface area contributed by atoms with Crippen molar-refractivity contribution in [2.24, 2.45) is 11.8 Å². The van der Waals surface area contributed by atoms with Gasteiger partial charge in [0.15, 0.2) is 0 Å². The Hall–Kier alpha value is -2.35. The Labute approximate surface area is 129 Å². The predicted octanol–water partition coefficient (Wildman–Crippen LogP) is 2.89. The topological polar surface area (TPSA) is 67.9 Å². The van der Waals surface area contributed by atoms with E-state index in [-0.39, 0.29) is 11.9 Å². The molecule has 2 aromatic rings. The van der Waals surface area contributed by atoms with E-state index < -0.39 is 0 Å². The van der Waals surface area contributed by atoms with Gasteiger partial charge in [-0.2, -0.15) is 5.26 Å². The van der Waals surface area contributed by atoms with Gasteiger partial charge in [-0.15, -0.1) is 0 Å². The minimum atomic E-state index is -0.0736. The molecule has 0 radical (unpaired) electrons. The van der Waals surface area contributed by atoms with Crippen LogP contribution in [0.15, 0.2) is 24.5 Å². The third-order valence-electron chi connectivity index (χ3n) is 4.59. The SMILES string of the molecule is COC(=O)C1CCC(Cn2cnc3cc(C#N)ccc32)CC1. The molecule has 3 rings (SSSR count). The number of aromatic nitrogens is 2. The van der Waals surface area contributed by atoms with Crippen LogP contribution in [0.3, 0.4) is 0 Å². The van der Waals surface area contributed by atoms with E-state index in [1.54, 1.807) is 0 Å². The van der Waals surface area contributed by atoms with Crippen LogP contribution in [0.2, 0.25) is 0 Å². The lowest BCUT2D eigenvalue weighted by molar-refractivity contribution is -0.146. The van der Waals surface area contributed by atoms with Crippen LogP contribution in [0.5, 0.6) is 0 Å². The number of benzene rings is 1. The first-order valence-corrected chi connectivity index (χ1v) is 7.64. The van der Waals surface area contributed by atoms with Crippen LogP contribution in [0.1, 0.15) is 31.2 Å². The third-order valence-corrected chi connectivity index (χ3v) is 4.59. The van der Waals surface area contributed by atoms with Crippen molar-refractivity contribution < 1.29 is 9.53 Å². The van der Waals surface area contributed by atoms with Crippen LogP contribution in [-0.4, -0.2) is 22.6 Å². The Balaban J connectivity index is 1.67. The summed E-state index contributed by atoms with van der Waals surface area (Å²) in [6.45, 7) is 0.913. The second kappa shape index (κ2) is 6.18. The lowest BCUT2D eigenvalue weighted by Gasteiger charge is -2.27. The summed E-state index contributed by atoms with van der Waals surface area (Å²) in [4.78, 5) is 15.9. The van der Waals surface area contributed by atoms with Gasteiger partial charge in [0.1, 0.15) is 0 Å². The third kappa shape index (κ3) is 2.82. The number of imidazole rings is 1. The van der Waals surface area contributed by atoms with Crippen molar-refractivity contribution >= 4 is 17.0 Å². The molecule has 0 N–H and O–H groups in total. The normalized spacial score (nSPS) is 21.5. The summed E-state index contributed by atoms with van der Waals surface area (Å²) in [6, 6.07) is 7.74. The Morgan fingerprint density at radius 1 is 1.41 bits per heavy atom. The van der Waals surface area contributed by atoms with Crippen molar-refractivity contribution in [2.75, 3.05) is 7.11 Å². The zero-order chi connectivity index (χ0) is 15.5. The van der Waals surface area contributed by atoms with Crippen molar-refractivity contribution in [3.63, 3.8) is 0 Å². The van der Waals surface area contributed by atoms with Gasteiger partial charge in [-0.3, -0.25) is 4.79 Å². The first-order chi connectivity index (χ1) is 10.7.